The third-order valence-electron chi connectivity index (χ3n) is 2.07. The summed E-state index contributed by atoms with van der Waals surface area (Å²) in [5.74, 6) is -1.24. The molecule has 2 aromatic rings. The molecule has 0 aliphatic heterocycles. The van der Waals surface area contributed by atoms with Gasteiger partial charge in [0.2, 0.25) is 5.88 Å². The summed E-state index contributed by atoms with van der Waals surface area (Å²) in [6.07, 6.45) is -3.51. The summed E-state index contributed by atoms with van der Waals surface area (Å²) in [6, 6.07) is 2.79. The van der Waals surface area contributed by atoms with E-state index in [1.165, 1.54) is 11.4 Å². The predicted molar refractivity (Wildman–Crippen MR) is 60.6 cm³/mol. The number of hydrogen-bond donors (Lipinski definition) is 1. The van der Waals surface area contributed by atoms with E-state index in [0.717, 1.165) is 29.7 Å². The maximum atomic E-state index is 12.5. The molecule has 8 heteroatoms. The molecular formula is C11H6F3NO3S. The predicted octanol–water partition coefficient (Wildman–Crippen LogP) is 3.65. The molecular weight excluding hydrogens is 283 g/mol. The number of aromatic carboxylic acids is 1. The first-order valence-corrected chi connectivity index (χ1v) is 5.77. The van der Waals surface area contributed by atoms with Gasteiger partial charge < -0.3 is 9.84 Å². The van der Waals surface area contributed by atoms with Crippen molar-refractivity contribution in [2.24, 2.45) is 0 Å². The van der Waals surface area contributed by atoms with Gasteiger partial charge in [0.25, 0.3) is 0 Å². The minimum atomic E-state index is -4.48. The number of hydrogen-bond acceptors (Lipinski definition) is 4. The van der Waals surface area contributed by atoms with E-state index in [2.05, 4.69) is 4.98 Å². The van der Waals surface area contributed by atoms with Crippen molar-refractivity contribution < 1.29 is 27.8 Å². The van der Waals surface area contributed by atoms with Gasteiger partial charge in [-0.25, -0.2) is 9.78 Å². The van der Waals surface area contributed by atoms with E-state index in [9.17, 15) is 18.0 Å². The lowest BCUT2D eigenvalue weighted by Crippen LogP contribution is -2.05. The van der Waals surface area contributed by atoms with E-state index in [0.29, 0.717) is 0 Å². The zero-order chi connectivity index (χ0) is 14.0. The monoisotopic (exact) mass is 289 g/mol. The molecule has 0 atom stereocenters. The Morgan fingerprint density at radius 2 is 2.11 bits per heavy atom. The van der Waals surface area contributed by atoms with Crippen molar-refractivity contribution in [3.8, 4) is 11.6 Å². The highest BCUT2D eigenvalue weighted by atomic mass is 32.1. The van der Waals surface area contributed by atoms with Crippen molar-refractivity contribution >= 4 is 17.3 Å². The Morgan fingerprint density at radius 1 is 1.37 bits per heavy atom. The van der Waals surface area contributed by atoms with E-state index < -0.39 is 17.7 Å². The Bertz CT molecular complexity index is 609. The normalized spacial score (nSPS) is 11.3. The SMILES string of the molecule is O=C(O)c1cc(Oc2cc(C(F)(F)F)ccn2)cs1. The highest BCUT2D eigenvalue weighted by Crippen LogP contribution is 2.32. The van der Waals surface area contributed by atoms with Crippen LogP contribution in [0.2, 0.25) is 0 Å². The first kappa shape index (κ1) is 13.3. The summed E-state index contributed by atoms with van der Waals surface area (Å²) in [4.78, 5) is 14.3. The van der Waals surface area contributed by atoms with Gasteiger partial charge in [-0.15, -0.1) is 11.3 Å². The lowest BCUT2D eigenvalue weighted by atomic mass is 10.2. The summed E-state index contributed by atoms with van der Waals surface area (Å²) in [5, 5.41) is 10.1. The topological polar surface area (TPSA) is 59.4 Å². The zero-order valence-corrected chi connectivity index (χ0v) is 9.96. The zero-order valence-electron chi connectivity index (χ0n) is 9.14. The van der Waals surface area contributed by atoms with Crippen LogP contribution in [0.15, 0.2) is 29.8 Å². The van der Waals surface area contributed by atoms with Crippen LogP contribution in [-0.4, -0.2) is 16.1 Å². The minimum Gasteiger partial charge on any atom is -0.477 e. The molecule has 4 nitrogen and oxygen atoms in total. The summed E-state index contributed by atoms with van der Waals surface area (Å²) in [7, 11) is 0. The number of carboxylic acids is 1. The van der Waals surface area contributed by atoms with Crippen LogP contribution in [-0.2, 0) is 6.18 Å². The fraction of sp³-hybridized carbons (Fsp3) is 0.0909. The smallest absolute Gasteiger partial charge is 0.416 e. The number of pyridine rings is 1. The van der Waals surface area contributed by atoms with Crippen LogP contribution < -0.4 is 4.74 Å². The van der Waals surface area contributed by atoms with Crippen LogP contribution >= 0.6 is 11.3 Å². The van der Waals surface area contributed by atoms with Crippen LogP contribution in [0.4, 0.5) is 13.2 Å². The fourth-order valence-corrected chi connectivity index (χ4v) is 1.89. The van der Waals surface area contributed by atoms with E-state index >= 15 is 0 Å². The molecule has 1 N–H and O–H groups in total. The molecule has 2 heterocycles. The molecule has 0 radical (unpaired) electrons. The van der Waals surface area contributed by atoms with Gasteiger partial charge in [-0.2, -0.15) is 13.2 Å². The molecule has 0 aliphatic rings. The number of thiophene rings is 1. The minimum absolute atomic E-state index is 0.0296. The largest absolute Gasteiger partial charge is 0.477 e. The lowest BCUT2D eigenvalue weighted by Gasteiger charge is -2.07. The highest BCUT2D eigenvalue weighted by Gasteiger charge is 2.31. The third-order valence-corrected chi connectivity index (χ3v) is 2.97. The summed E-state index contributed by atoms with van der Waals surface area (Å²) < 4.78 is 42.5. The van der Waals surface area contributed by atoms with E-state index in [1.54, 1.807) is 0 Å². The Labute approximate surface area is 109 Å². The van der Waals surface area contributed by atoms with E-state index in [1.807, 2.05) is 0 Å². The second-order valence-corrected chi connectivity index (χ2v) is 4.35. The van der Waals surface area contributed by atoms with Crippen LogP contribution in [0.25, 0.3) is 0 Å². The molecule has 0 unspecified atom stereocenters. The van der Waals surface area contributed by atoms with Gasteiger partial charge in [0.15, 0.2) is 0 Å². The summed E-state index contributed by atoms with van der Waals surface area (Å²) in [5.41, 5.74) is -0.883. The number of carbonyl (C=O) groups is 1. The van der Waals surface area contributed by atoms with Gasteiger partial charge in [0.1, 0.15) is 10.6 Å². The van der Waals surface area contributed by atoms with Crippen LogP contribution in [0.1, 0.15) is 15.2 Å². The van der Waals surface area contributed by atoms with Gasteiger partial charge >= 0.3 is 12.1 Å². The van der Waals surface area contributed by atoms with Crippen molar-refractivity contribution in [2.75, 3.05) is 0 Å². The van der Waals surface area contributed by atoms with Crippen LogP contribution in [0.3, 0.4) is 0 Å². The van der Waals surface area contributed by atoms with Crippen molar-refractivity contribution in [3.63, 3.8) is 0 Å². The molecule has 0 saturated heterocycles. The number of ether oxygens (including phenoxy) is 1. The average Bonchev–Trinajstić information content (AvgIpc) is 2.77. The van der Waals surface area contributed by atoms with Crippen molar-refractivity contribution in [1.29, 1.82) is 0 Å². The van der Waals surface area contributed by atoms with Crippen molar-refractivity contribution in [1.82, 2.24) is 4.98 Å². The average molecular weight is 289 g/mol. The molecule has 100 valence electrons. The van der Waals surface area contributed by atoms with E-state index in [-0.39, 0.29) is 16.5 Å². The highest BCUT2D eigenvalue weighted by molar-refractivity contribution is 7.12. The Kier molecular flexibility index (Phi) is 3.43. The third kappa shape index (κ3) is 3.22. The quantitative estimate of drug-likeness (QED) is 0.937. The van der Waals surface area contributed by atoms with Gasteiger partial charge in [-0.3, -0.25) is 0 Å². The molecule has 0 spiro atoms. The summed E-state index contributed by atoms with van der Waals surface area (Å²) in [6.45, 7) is 0. The maximum Gasteiger partial charge on any atom is 0.416 e. The first-order chi connectivity index (χ1) is 8.86. The number of alkyl halides is 3. The van der Waals surface area contributed by atoms with Gasteiger partial charge in [0.05, 0.1) is 5.56 Å². The molecule has 2 aromatic heterocycles. The molecule has 0 bridgehead atoms. The summed E-state index contributed by atoms with van der Waals surface area (Å²) >= 11 is 0.912. The Morgan fingerprint density at radius 3 is 2.68 bits per heavy atom. The Hall–Kier alpha value is -2.09. The second-order valence-electron chi connectivity index (χ2n) is 3.43. The molecule has 2 rings (SSSR count). The number of nitrogens with zero attached hydrogens (tertiary/aromatic N) is 1. The van der Waals surface area contributed by atoms with Gasteiger partial charge in [-0.1, -0.05) is 0 Å². The lowest BCUT2D eigenvalue weighted by molar-refractivity contribution is -0.137. The van der Waals surface area contributed by atoms with Crippen molar-refractivity contribution in [2.45, 2.75) is 6.18 Å². The maximum absolute atomic E-state index is 12.5. The number of aromatic nitrogens is 1. The van der Waals surface area contributed by atoms with Gasteiger partial charge in [-0.05, 0) is 6.07 Å². The Balaban J connectivity index is 2.21. The molecule has 0 fully saturated rings. The van der Waals surface area contributed by atoms with Gasteiger partial charge in [0, 0.05) is 23.7 Å². The van der Waals surface area contributed by atoms with Crippen molar-refractivity contribution in [3.05, 3.63) is 40.2 Å². The first-order valence-electron chi connectivity index (χ1n) is 4.89. The molecule has 19 heavy (non-hydrogen) atoms. The molecule has 0 aliphatic carbocycles. The molecule has 0 amide bonds. The van der Waals surface area contributed by atoms with E-state index in [4.69, 9.17) is 9.84 Å². The fourth-order valence-electron chi connectivity index (χ4n) is 1.25. The second kappa shape index (κ2) is 4.88. The number of rotatable bonds is 3. The number of carboxylic acid groups (broad SMARTS) is 1. The molecule has 0 saturated carbocycles. The van der Waals surface area contributed by atoms with Crippen LogP contribution in [0, 0.1) is 0 Å². The molecule has 0 aromatic carbocycles. The number of halogens is 3. The van der Waals surface area contributed by atoms with Crippen LogP contribution in [0.5, 0.6) is 11.6 Å². The standard InChI is InChI=1S/C11H6F3NO3S/c12-11(13,14)6-1-2-15-9(3-6)18-7-4-8(10(16)17)19-5-7/h1-5H,(H,16,17).